The van der Waals surface area contributed by atoms with Crippen LogP contribution in [-0.4, -0.2) is 25.9 Å². The zero-order valence-corrected chi connectivity index (χ0v) is 7.64. The molecule has 0 radical (unpaired) electrons. The van der Waals surface area contributed by atoms with E-state index in [0.717, 1.165) is 25.2 Å². The van der Waals surface area contributed by atoms with E-state index >= 15 is 0 Å². The molecule has 0 spiro atoms. The zero-order valence-electron chi connectivity index (χ0n) is 7.64. The molecule has 1 aromatic heterocycles. The predicted molar refractivity (Wildman–Crippen MR) is 47.0 cm³/mol. The molecule has 13 heavy (non-hydrogen) atoms. The van der Waals surface area contributed by atoms with E-state index < -0.39 is 6.10 Å². The molecule has 5 heteroatoms. The molecule has 0 amide bonds. The molecule has 0 bridgehead atoms. The van der Waals surface area contributed by atoms with Crippen molar-refractivity contribution in [3.8, 4) is 0 Å². The van der Waals surface area contributed by atoms with Gasteiger partial charge < -0.3 is 15.4 Å². The van der Waals surface area contributed by atoms with Gasteiger partial charge in [-0.05, 0) is 13.3 Å². The van der Waals surface area contributed by atoms with Gasteiger partial charge in [0.2, 0.25) is 0 Å². The first-order valence-corrected chi connectivity index (χ1v) is 4.54. The first-order chi connectivity index (χ1) is 6.18. The molecule has 3 N–H and O–H groups in total. The number of hydrogen-bond donors (Lipinski definition) is 2. The van der Waals surface area contributed by atoms with Gasteiger partial charge in [-0.15, -0.1) is 10.2 Å². The maximum Gasteiger partial charge on any atom is 0.161 e. The van der Waals surface area contributed by atoms with Gasteiger partial charge in [-0.1, -0.05) is 0 Å². The van der Waals surface area contributed by atoms with Crippen molar-refractivity contribution in [2.75, 3.05) is 0 Å². The van der Waals surface area contributed by atoms with Crippen molar-refractivity contribution in [3.63, 3.8) is 0 Å². The van der Waals surface area contributed by atoms with Crippen molar-refractivity contribution >= 4 is 0 Å². The summed E-state index contributed by atoms with van der Waals surface area (Å²) in [6.45, 7) is 2.42. The van der Waals surface area contributed by atoms with Gasteiger partial charge in [0.05, 0.1) is 0 Å². The Morgan fingerprint density at radius 1 is 1.62 bits per heavy atom. The van der Waals surface area contributed by atoms with Gasteiger partial charge in [-0.25, -0.2) is 0 Å². The minimum atomic E-state index is -0.563. The summed E-state index contributed by atoms with van der Waals surface area (Å²) in [6, 6.07) is 0.168. The minimum Gasteiger partial charge on any atom is -0.385 e. The molecule has 5 nitrogen and oxygen atoms in total. The number of hydrogen-bond acceptors (Lipinski definition) is 4. The zero-order chi connectivity index (χ0) is 9.42. The lowest BCUT2D eigenvalue weighted by molar-refractivity contribution is 0.181. The third kappa shape index (κ3) is 1.45. The smallest absolute Gasteiger partial charge is 0.161 e. The van der Waals surface area contributed by atoms with E-state index in [1.807, 2.05) is 4.57 Å². The van der Waals surface area contributed by atoms with Crippen LogP contribution in [0.1, 0.15) is 31.1 Å². The number of nitrogens with zero attached hydrogens (tertiary/aromatic N) is 3. The number of aromatic nitrogens is 3. The van der Waals surface area contributed by atoms with Gasteiger partial charge in [0.25, 0.3) is 0 Å². The van der Waals surface area contributed by atoms with E-state index in [9.17, 15) is 5.11 Å². The van der Waals surface area contributed by atoms with E-state index in [0.29, 0.717) is 5.82 Å². The molecule has 0 fully saturated rings. The monoisotopic (exact) mass is 182 g/mol. The molecule has 2 heterocycles. The quantitative estimate of drug-likeness (QED) is 0.620. The predicted octanol–water partition coefficient (Wildman–Crippen LogP) is -0.395. The fraction of sp³-hybridized carbons (Fsp3) is 0.750. The Hall–Kier alpha value is -0.940. The second-order valence-electron chi connectivity index (χ2n) is 3.56. The number of aliphatic hydroxyl groups is 1. The SMILES string of the molecule is CC(O)c1nnc2n1CC(N)CC2. The molecular weight excluding hydrogens is 168 g/mol. The second kappa shape index (κ2) is 3.08. The number of aryl methyl sites for hydroxylation is 1. The van der Waals surface area contributed by atoms with Crippen molar-refractivity contribution in [2.24, 2.45) is 5.73 Å². The van der Waals surface area contributed by atoms with Gasteiger partial charge in [0.1, 0.15) is 11.9 Å². The maximum absolute atomic E-state index is 9.39. The molecule has 2 atom stereocenters. The average molecular weight is 182 g/mol. The number of fused-ring (bicyclic) bond motifs is 1. The number of nitrogens with two attached hydrogens (primary N) is 1. The summed E-state index contributed by atoms with van der Waals surface area (Å²) in [5, 5.41) is 17.3. The normalized spacial score (nSPS) is 24.1. The first kappa shape index (κ1) is 8.65. The standard InChI is InChI=1S/C8H14N4O/c1-5(13)8-11-10-7-3-2-6(9)4-12(7)8/h5-6,13H,2-4,9H2,1H3. The van der Waals surface area contributed by atoms with Crippen molar-refractivity contribution < 1.29 is 5.11 Å². The van der Waals surface area contributed by atoms with Gasteiger partial charge in [0, 0.05) is 19.0 Å². The van der Waals surface area contributed by atoms with Crippen LogP contribution in [0.3, 0.4) is 0 Å². The largest absolute Gasteiger partial charge is 0.385 e. The summed E-state index contributed by atoms with van der Waals surface area (Å²) in [4.78, 5) is 0. The summed E-state index contributed by atoms with van der Waals surface area (Å²) in [6.07, 6.45) is 1.25. The topological polar surface area (TPSA) is 77.0 Å². The highest BCUT2D eigenvalue weighted by atomic mass is 16.3. The maximum atomic E-state index is 9.39. The summed E-state index contributed by atoms with van der Waals surface area (Å²) >= 11 is 0. The molecular formula is C8H14N4O. The van der Waals surface area contributed by atoms with Crippen LogP contribution in [0.5, 0.6) is 0 Å². The number of aliphatic hydroxyl groups excluding tert-OH is 1. The van der Waals surface area contributed by atoms with Crippen LogP contribution in [0.4, 0.5) is 0 Å². The van der Waals surface area contributed by atoms with E-state index in [1.165, 1.54) is 0 Å². The molecule has 0 aliphatic carbocycles. The molecule has 1 aliphatic rings. The summed E-state index contributed by atoms with van der Waals surface area (Å²) in [5.74, 6) is 1.57. The first-order valence-electron chi connectivity index (χ1n) is 4.54. The molecule has 1 aliphatic heterocycles. The average Bonchev–Trinajstić information content (AvgIpc) is 2.46. The van der Waals surface area contributed by atoms with Gasteiger partial charge in [0.15, 0.2) is 5.82 Å². The van der Waals surface area contributed by atoms with E-state index in [1.54, 1.807) is 6.92 Å². The minimum absolute atomic E-state index is 0.168. The fourth-order valence-corrected chi connectivity index (χ4v) is 1.68. The fourth-order valence-electron chi connectivity index (χ4n) is 1.68. The van der Waals surface area contributed by atoms with Crippen LogP contribution in [0.15, 0.2) is 0 Å². The Kier molecular flexibility index (Phi) is 2.05. The third-order valence-corrected chi connectivity index (χ3v) is 2.39. The molecule has 0 saturated carbocycles. The van der Waals surface area contributed by atoms with Gasteiger partial charge in [-0.2, -0.15) is 0 Å². The summed E-state index contributed by atoms with van der Waals surface area (Å²) in [7, 11) is 0. The molecule has 1 aromatic rings. The van der Waals surface area contributed by atoms with E-state index in [2.05, 4.69) is 10.2 Å². The van der Waals surface area contributed by atoms with Crippen LogP contribution < -0.4 is 5.73 Å². The Bertz CT molecular complexity index is 307. The van der Waals surface area contributed by atoms with E-state index in [4.69, 9.17) is 5.73 Å². The summed E-state index contributed by atoms with van der Waals surface area (Å²) < 4.78 is 1.93. The molecule has 0 aromatic carbocycles. The van der Waals surface area contributed by atoms with Crippen molar-refractivity contribution in [2.45, 2.75) is 38.5 Å². The molecule has 2 unspecified atom stereocenters. The highest BCUT2D eigenvalue weighted by molar-refractivity contribution is 5.02. The molecule has 0 saturated heterocycles. The van der Waals surface area contributed by atoms with E-state index in [-0.39, 0.29) is 6.04 Å². The van der Waals surface area contributed by atoms with Crippen LogP contribution >= 0.6 is 0 Å². The van der Waals surface area contributed by atoms with Crippen molar-refractivity contribution in [1.29, 1.82) is 0 Å². The van der Waals surface area contributed by atoms with Crippen LogP contribution in [0.2, 0.25) is 0 Å². The Labute approximate surface area is 76.6 Å². The van der Waals surface area contributed by atoms with Crippen LogP contribution in [-0.2, 0) is 13.0 Å². The Morgan fingerprint density at radius 3 is 3.08 bits per heavy atom. The molecule has 2 rings (SSSR count). The Morgan fingerprint density at radius 2 is 2.38 bits per heavy atom. The lowest BCUT2D eigenvalue weighted by Crippen LogP contribution is -2.33. The highest BCUT2D eigenvalue weighted by Crippen LogP contribution is 2.17. The van der Waals surface area contributed by atoms with Gasteiger partial charge in [-0.3, -0.25) is 0 Å². The van der Waals surface area contributed by atoms with Crippen LogP contribution in [0, 0.1) is 0 Å². The van der Waals surface area contributed by atoms with Crippen molar-refractivity contribution in [1.82, 2.24) is 14.8 Å². The van der Waals surface area contributed by atoms with Gasteiger partial charge >= 0.3 is 0 Å². The third-order valence-electron chi connectivity index (χ3n) is 2.39. The lowest BCUT2D eigenvalue weighted by atomic mass is 10.1. The Balaban J connectivity index is 2.35. The lowest BCUT2D eigenvalue weighted by Gasteiger charge is -2.21. The van der Waals surface area contributed by atoms with Crippen LogP contribution in [0.25, 0.3) is 0 Å². The number of rotatable bonds is 1. The highest BCUT2D eigenvalue weighted by Gasteiger charge is 2.21. The van der Waals surface area contributed by atoms with Crippen molar-refractivity contribution in [3.05, 3.63) is 11.6 Å². The molecule has 72 valence electrons. The second-order valence-corrected chi connectivity index (χ2v) is 3.56. The summed E-state index contributed by atoms with van der Waals surface area (Å²) in [5.41, 5.74) is 5.82.